The normalized spacial score (nSPS) is 24.4. The number of aliphatic hydroxyl groups is 2. The molecule has 0 saturated carbocycles. The number of aryl methyl sites for hydroxylation is 1. The zero-order valence-electron chi connectivity index (χ0n) is 14.6. The number of nitrogens with two attached hydrogens (primary N) is 1. The molecule has 0 amide bonds. The van der Waals surface area contributed by atoms with Crippen molar-refractivity contribution in [3.63, 3.8) is 0 Å². The highest BCUT2D eigenvalue weighted by Gasteiger charge is 2.40. The van der Waals surface area contributed by atoms with Crippen molar-refractivity contribution >= 4 is 28.9 Å². The number of nitrogens with zero attached hydrogens (tertiary/aromatic N) is 3. The summed E-state index contributed by atoms with van der Waals surface area (Å²) in [6.07, 6.45) is -0.874. The lowest BCUT2D eigenvalue weighted by molar-refractivity contribution is -0.0759. The number of nitrogens with one attached hydrogen (secondary N) is 1. The van der Waals surface area contributed by atoms with Crippen LogP contribution in [0.3, 0.4) is 0 Å². The van der Waals surface area contributed by atoms with Crippen molar-refractivity contribution in [2.45, 2.75) is 50.8 Å². The van der Waals surface area contributed by atoms with Crippen molar-refractivity contribution in [3.8, 4) is 0 Å². The first-order valence-electron chi connectivity index (χ1n) is 8.40. The second kappa shape index (κ2) is 7.43. The number of aliphatic hydroxyl groups excluding tert-OH is 2. The van der Waals surface area contributed by atoms with Gasteiger partial charge >= 0.3 is 5.69 Å². The van der Waals surface area contributed by atoms with Gasteiger partial charge in [0, 0.05) is 18.7 Å². The van der Waals surface area contributed by atoms with Gasteiger partial charge in [0.15, 0.2) is 17.4 Å². The van der Waals surface area contributed by atoms with Crippen molar-refractivity contribution in [2.24, 2.45) is 0 Å². The first kappa shape index (κ1) is 19.0. The van der Waals surface area contributed by atoms with Crippen LogP contribution >= 0.6 is 11.8 Å². The molecule has 3 heterocycles. The van der Waals surface area contributed by atoms with Gasteiger partial charge in [-0.2, -0.15) is 16.7 Å². The number of aromatic nitrogens is 4. The number of hydrogen-bond acceptors (Lipinski definition) is 8. The van der Waals surface area contributed by atoms with Crippen LogP contribution in [0, 0.1) is 0 Å². The predicted octanol–water partition coefficient (Wildman–Crippen LogP) is -0.749. The zero-order chi connectivity index (χ0) is 19.0. The summed E-state index contributed by atoms with van der Waals surface area (Å²) in [6.45, 7) is 2.11. The van der Waals surface area contributed by atoms with E-state index in [0.717, 1.165) is 4.57 Å². The molecule has 5 N–H and O–H groups in total. The average molecular weight is 385 g/mol. The molecule has 0 unspecified atom stereocenters. The molecule has 4 atom stereocenters. The fourth-order valence-electron chi connectivity index (χ4n) is 3.24. The number of rotatable bonds is 6. The lowest BCUT2D eigenvalue weighted by Crippen LogP contribution is -2.32. The first-order valence-corrected chi connectivity index (χ1v) is 9.79. The van der Waals surface area contributed by atoms with Crippen molar-refractivity contribution in [1.29, 1.82) is 0 Å². The van der Waals surface area contributed by atoms with Gasteiger partial charge in [0.05, 0.1) is 12.2 Å². The Labute approximate surface area is 153 Å². The average Bonchev–Trinajstić information content (AvgIpc) is 3.09. The van der Waals surface area contributed by atoms with Crippen LogP contribution in [0.2, 0.25) is 0 Å². The number of nitrogen functional groups attached to an aromatic ring is 1. The Kier molecular flexibility index (Phi) is 5.42. The van der Waals surface area contributed by atoms with E-state index in [0.29, 0.717) is 18.7 Å². The highest BCUT2D eigenvalue weighted by Crippen LogP contribution is 2.32. The van der Waals surface area contributed by atoms with E-state index in [2.05, 4.69) is 9.97 Å². The number of hydrogen-bond donors (Lipinski definition) is 4. The molecule has 0 radical (unpaired) electrons. The van der Waals surface area contributed by atoms with E-state index in [1.54, 1.807) is 6.92 Å². The molecule has 2 aromatic rings. The van der Waals surface area contributed by atoms with Crippen LogP contribution < -0.4 is 17.0 Å². The third-order valence-corrected chi connectivity index (χ3v) is 5.16. The van der Waals surface area contributed by atoms with E-state index in [-0.39, 0.29) is 23.5 Å². The Balaban J connectivity index is 2.15. The van der Waals surface area contributed by atoms with Crippen LogP contribution in [0.5, 0.6) is 0 Å². The highest BCUT2D eigenvalue weighted by atomic mass is 32.2. The topological polar surface area (TPSA) is 148 Å². The van der Waals surface area contributed by atoms with Crippen LogP contribution in [0.1, 0.15) is 26.0 Å². The van der Waals surface area contributed by atoms with Gasteiger partial charge in [-0.05, 0) is 12.7 Å². The highest BCUT2D eigenvalue weighted by molar-refractivity contribution is 7.98. The molecule has 10 nitrogen and oxygen atoms in total. The fourth-order valence-corrected chi connectivity index (χ4v) is 3.61. The number of aromatic amines is 1. The second-order valence-electron chi connectivity index (χ2n) is 6.26. The lowest BCUT2D eigenvalue weighted by atomic mass is 10.1. The number of ether oxygens (including phenoxy) is 1. The molecule has 1 fully saturated rings. The number of anilines is 1. The van der Waals surface area contributed by atoms with Crippen LogP contribution in [-0.4, -0.2) is 59.6 Å². The quantitative estimate of drug-likeness (QED) is 0.508. The molecule has 2 aromatic heterocycles. The van der Waals surface area contributed by atoms with Gasteiger partial charge in [-0.3, -0.25) is 14.3 Å². The molecule has 1 aliphatic heterocycles. The Morgan fingerprint density at radius 2 is 2.23 bits per heavy atom. The molecule has 0 spiro atoms. The molecular weight excluding hydrogens is 362 g/mol. The molecule has 0 aliphatic carbocycles. The van der Waals surface area contributed by atoms with E-state index in [4.69, 9.17) is 10.5 Å². The van der Waals surface area contributed by atoms with E-state index >= 15 is 0 Å². The van der Waals surface area contributed by atoms with Gasteiger partial charge in [-0.25, -0.2) is 9.36 Å². The Morgan fingerprint density at radius 1 is 1.50 bits per heavy atom. The SMILES string of the molecule is CC[C@H](O)[C@@H]1C[C@@H](O)[C@H](n2c(=O)n(CCSC)c3c(=O)[nH]c(N)nc32)O1. The molecule has 1 saturated heterocycles. The molecule has 3 rings (SSSR count). The van der Waals surface area contributed by atoms with Gasteiger partial charge in [-0.15, -0.1) is 0 Å². The summed E-state index contributed by atoms with van der Waals surface area (Å²) < 4.78 is 8.23. The largest absolute Gasteiger partial charge is 0.390 e. The van der Waals surface area contributed by atoms with Gasteiger partial charge in [-0.1, -0.05) is 6.92 Å². The van der Waals surface area contributed by atoms with E-state index in [1.807, 2.05) is 6.26 Å². The summed E-state index contributed by atoms with van der Waals surface area (Å²) in [7, 11) is 0. The molecule has 0 bridgehead atoms. The summed E-state index contributed by atoms with van der Waals surface area (Å²) in [5.41, 5.74) is 4.77. The minimum absolute atomic E-state index is 0.0630. The number of imidazole rings is 1. The number of thioether (sulfide) groups is 1. The predicted molar refractivity (Wildman–Crippen MR) is 98.2 cm³/mol. The van der Waals surface area contributed by atoms with Gasteiger partial charge in [0.2, 0.25) is 5.95 Å². The minimum atomic E-state index is -1.04. The number of H-pyrrole nitrogens is 1. The third-order valence-electron chi connectivity index (χ3n) is 4.57. The summed E-state index contributed by atoms with van der Waals surface area (Å²) in [4.78, 5) is 31.8. The Hall–Kier alpha value is -1.82. The minimum Gasteiger partial charge on any atom is -0.390 e. The Bertz CT molecular complexity index is 906. The van der Waals surface area contributed by atoms with E-state index in [1.165, 1.54) is 16.3 Å². The van der Waals surface area contributed by atoms with E-state index < -0.39 is 35.8 Å². The van der Waals surface area contributed by atoms with Crippen molar-refractivity contribution < 1.29 is 14.9 Å². The summed E-state index contributed by atoms with van der Waals surface area (Å²) in [5.74, 6) is 0.490. The lowest BCUT2D eigenvalue weighted by Gasteiger charge is -2.18. The summed E-state index contributed by atoms with van der Waals surface area (Å²) in [5, 5.41) is 20.4. The van der Waals surface area contributed by atoms with Crippen molar-refractivity contribution in [1.82, 2.24) is 19.1 Å². The maximum absolute atomic E-state index is 13.0. The molecule has 0 aromatic carbocycles. The fraction of sp³-hybridized carbons (Fsp3) is 0.667. The monoisotopic (exact) mass is 385 g/mol. The first-order chi connectivity index (χ1) is 12.4. The van der Waals surface area contributed by atoms with Gasteiger partial charge in [0.1, 0.15) is 6.10 Å². The van der Waals surface area contributed by atoms with Gasteiger partial charge < -0.3 is 20.7 Å². The van der Waals surface area contributed by atoms with E-state index in [9.17, 15) is 19.8 Å². The maximum Gasteiger partial charge on any atom is 0.332 e. The standard InChI is InChI=1S/C15H23N5O5S/c1-3-7(21)9-6-8(22)13(25-9)20-11-10(12(23)18-14(16)17-11)19(15(20)24)4-5-26-2/h7-9,13,21-22H,3-6H2,1-2H3,(H3,16,17,18,23)/t7-,8+,9-,13+/m0/s1. The third kappa shape index (κ3) is 3.15. The van der Waals surface area contributed by atoms with Crippen molar-refractivity contribution in [2.75, 3.05) is 17.7 Å². The zero-order valence-corrected chi connectivity index (χ0v) is 15.4. The Morgan fingerprint density at radius 3 is 2.88 bits per heavy atom. The van der Waals surface area contributed by atoms with Crippen LogP contribution in [-0.2, 0) is 11.3 Å². The number of fused-ring (bicyclic) bond motifs is 1. The van der Waals surface area contributed by atoms with Crippen LogP contribution in [0.15, 0.2) is 9.59 Å². The molecule has 144 valence electrons. The molecule has 26 heavy (non-hydrogen) atoms. The maximum atomic E-state index is 13.0. The van der Waals surface area contributed by atoms with Crippen LogP contribution in [0.25, 0.3) is 11.2 Å². The molecule has 11 heteroatoms. The summed E-state index contributed by atoms with van der Waals surface area (Å²) >= 11 is 1.53. The van der Waals surface area contributed by atoms with Crippen LogP contribution in [0.4, 0.5) is 5.95 Å². The molecule has 1 aliphatic rings. The summed E-state index contributed by atoms with van der Waals surface area (Å²) in [6, 6.07) is 0. The smallest absolute Gasteiger partial charge is 0.332 e. The second-order valence-corrected chi connectivity index (χ2v) is 7.25. The van der Waals surface area contributed by atoms with Gasteiger partial charge in [0.25, 0.3) is 5.56 Å². The van der Waals surface area contributed by atoms with Crippen molar-refractivity contribution in [3.05, 3.63) is 20.8 Å². The molecular formula is C15H23N5O5S.